The summed E-state index contributed by atoms with van der Waals surface area (Å²) in [5.74, 6) is 0. The molecule has 2 heterocycles. The molecule has 2 aliphatic rings. The van der Waals surface area contributed by atoms with Crippen molar-refractivity contribution in [2.24, 2.45) is 0 Å². The summed E-state index contributed by atoms with van der Waals surface area (Å²) in [7, 11) is 0. The summed E-state index contributed by atoms with van der Waals surface area (Å²) in [6.07, 6.45) is 0.674. The van der Waals surface area contributed by atoms with Gasteiger partial charge in [-0.3, -0.25) is 0 Å². The van der Waals surface area contributed by atoms with E-state index in [4.69, 9.17) is 4.74 Å². The van der Waals surface area contributed by atoms with Gasteiger partial charge in [0.2, 0.25) is 0 Å². The van der Waals surface area contributed by atoms with Crippen LogP contribution in [0.15, 0.2) is 0 Å². The molecule has 2 aliphatic heterocycles. The van der Waals surface area contributed by atoms with Crippen LogP contribution in [0.1, 0.15) is 12.8 Å². The third-order valence-electron chi connectivity index (χ3n) is 2.19. The van der Waals surface area contributed by atoms with Gasteiger partial charge in [0.05, 0.1) is 13.2 Å². The Morgan fingerprint density at radius 3 is 2.40 bits per heavy atom. The fourth-order valence-electron chi connectivity index (χ4n) is 1.77. The molecule has 2 nitrogen and oxygen atoms in total. The first-order chi connectivity index (χ1) is 4.84. The van der Waals surface area contributed by atoms with E-state index in [-0.39, 0.29) is 12.1 Å². The minimum absolute atomic E-state index is 0.280. The highest BCUT2D eigenvalue weighted by Gasteiger charge is 2.31. The van der Waals surface area contributed by atoms with E-state index in [1.807, 2.05) is 0 Å². The second-order valence-corrected chi connectivity index (χ2v) is 3.17. The first-order valence-corrected chi connectivity index (χ1v) is 3.82. The molecule has 2 unspecified atom stereocenters. The van der Waals surface area contributed by atoms with Crippen LogP contribution in [-0.2, 0) is 4.74 Å². The topological polar surface area (TPSA) is 21.3 Å². The number of hydrogen-bond donors (Lipinski definition) is 1. The standard InChI is InChI=1S/C7H12FNO/c8-5-1-6-3-10-4-7(2-5)9-6/h5-7,9H,1-4H2. The maximum atomic E-state index is 12.8. The van der Waals surface area contributed by atoms with Gasteiger partial charge in [-0.1, -0.05) is 0 Å². The molecule has 2 fully saturated rings. The molecule has 10 heavy (non-hydrogen) atoms. The van der Waals surface area contributed by atoms with E-state index in [1.54, 1.807) is 0 Å². The molecule has 2 rings (SSSR count). The molecule has 3 heteroatoms. The number of hydrogen-bond acceptors (Lipinski definition) is 2. The average Bonchev–Trinajstić information content (AvgIpc) is 1.85. The average molecular weight is 145 g/mol. The molecule has 0 aromatic carbocycles. The Morgan fingerprint density at radius 1 is 1.20 bits per heavy atom. The first-order valence-electron chi connectivity index (χ1n) is 3.82. The Morgan fingerprint density at radius 2 is 1.80 bits per heavy atom. The van der Waals surface area contributed by atoms with E-state index < -0.39 is 6.17 Å². The zero-order valence-electron chi connectivity index (χ0n) is 5.85. The molecule has 0 radical (unpaired) electrons. The lowest BCUT2D eigenvalue weighted by atomic mass is 9.96. The number of morpholine rings is 1. The van der Waals surface area contributed by atoms with Gasteiger partial charge in [0.1, 0.15) is 6.17 Å². The molecular weight excluding hydrogens is 133 g/mol. The number of fused-ring (bicyclic) bond motifs is 2. The Bertz CT molecular complexity index is 115. The molecule has 2 bridgehead atoms. The number of rotatable bonds is 0. The van der Waals surface area contributed by atoms with E-state index in [2.05, 4.69) is 5.32 Å². The number of nitrogens with one attached hydrogen (secondary N) is 1. The predicted molar refractivity (Wildman–Crippen MR) is 35.7 cm³/mol. The van der Waals surface area contributed by atoms with Crippen molar-refractivity contribution in [2.75, 3.05) is 13.2 Å². The fourth-order valence-corrected chi connectivity index (χ4v) is 1.77. The van der Waals surface area contributed by atoms with Crippen molar-refractivity contribution in [3.8, 4) is 0 Å². The molecule has 0 amide bonds. The molecule has 2 atom stereocenters. The van der Waals surface area contributed by atoms with Gasteiger partial charge in [-0.05, 0) is 12.8 Å². The summed E-state index contributed by atoms with van der Waals surface area (Å²) in [5, 5.41) is 3.32. The van der Waals surface area contributed by atoms with Crippen LogP contribution in [0.5, 0.6) is 0 Å². The third-order valence-corrected chi connectivity index (χ3v) is 2.19. The van der Waals surface area contributed by atoms with Gasteiger partial charge in [-0.15, -0.1) is 0 Å². The normalized spacial score (nSPS) is 47.1. The minimum atomic E-state index is -0.597. The molecule has 0 aromatic heterocycles. The van der Waals surface area contributed by atoms with Gasteiger partial charge in [-0.25, -0.2) is 4.39 Å². The van der Waals surface area contributed by atoms with Crippen molar-refractivity contribution < 1.29 is 9.13 Å². The monoisotopic (exact) mass is 145 g/mol. The molecule has 1 N–H and O–H groups in total. The van der Waals surface area contributed by atoms with Crippen molar-refractivity contribution in [3.05, 3.63) is 0 Å². The number of halogens is 1. The van der Waals surface area contributed by atoms with Crippen molar-refractivity contribution in [3.63, 3.8) is 0 Å². The van der Waals surface area contributed by atoms with Gasteiger partial charge in [0.15, 0.2) is 0 Å². The predicted octanol–water partition coefficient (Wildman–Crippen LogP) is 0.475. The van der Waals surface area contributed by atoms with E-state index in [9.17, 15) is 4.39 Å². The van der Waals surface area contributed by atoms with Crippen molar-refractivity contribution in [1.29, 1.82) is 0 Å². The SMILES string of the molecule is FC1CC2COCC(C1)N2. The van der Waals surface area contributed by atoms with Crippen molar-refractivity contribution in [1.82, 2.24) is 5.32 Å². The second-order valence-electron chi connectivity index (χ2n) is 3.17. The summed E-state index contributed by atoms with van der Waals surface area (Å²) < 4.78 is 18.1. The Kier molecular flexibility index (Phi) is 1.62. The highest BCUT2D eigenvalue weighted by Crippen LogP contribution is 2.20. The summed E-state index contributed by atoms with van der Waals surface area (Å²) in [5.41, 5.74) is 0. The van der Waals surface area contributed by atoms with E-state index >= 15 is 0 Å². The quantitative estimate of drug-likeness (QED) is 0.535. The molecule has 0 spiro atoms. The van der Waals surface area contributed by atoms with Crippen LogP contribution in [-0.4, -0.2) is 31.5 Å². The Balaban J connectivity index is 1.98. The molecule has 58 valence electrons. The largest absolute Gasteiger partial charge is 0.378 e. The second kappa shape index (κ2) is 2.47. The fraction of sp³-hybridized carbons (Fsp3) is 1.00. The van der Waals surface area contributed by atoms with Gasteiger partial charge >= 0.3 is 0 Å². The lowest BCUT2D eigenvalue weighted by Gasteiger charge is -2.37. The number of piperidine rings is 1. The third kappa shape index (κ3) is 1.16. The van der Waals surface area contributed by atoms with Crippen LogP contribution in [0.3, 0.4) is 0 Å². The molecular formula is C7H12FNO. The van der Waals surface area contributed by atoms with E-state index in [0.29, 0.717) is 26.1 Å². The maximum Gasteiger partial charge on any atom is 0.103 e. The highest BCUT2D eigenvalue weighted by molar-refractivity contribution is 4.88. The highest BCUT2D eigenvalue weighted by atomic mass is 19.1. The Labute approximate surface area is 59.7 Å². The van der Waals surface area contributed by atoms with Crippen LogP contribution in [0.25, 0.3) is 0 Å². The summed E-state index contributed by atoms with van der Waals surface area (Å²) in [6, 6.07) is 0.560. The lowest BCUT2D eigenvalue weighted by Crippen LogP contribution is -2.54. The van der Waals surface area contributed by atoms with E-state index in [1.165, 1.54) is 0 Å². The summed E-state index contributed by atoms with van der Waals surface area (Å²) >= 11 is 0. The van der Waals surface area contributed by atoms with Crippen LogP contribution < -0.4 is 5.32 Å². The maximum absolute atomic E-state index is 12.8. The lowest BCUT2D eigenvalue weighted by molar-refractivity contribution is 0.00133. The Hall–Kier alpha value is -0.150. The zero-order valence-corrected chi connectivity index (χ0v) is 5.85. The zero-order chi connectivity index (χ0) is 6.97. The summed E-state index contributed by atoms with van der Waals surface area (Å²) in [4.78, 5) is 0. The smallest absolute Gasteiger partial charge is 0.103 e. The number of ether oxygens (including phenoxy) is 1. The van der Waals surface area contributed by atoms with Gasteiger partial charge < -0.3 is 10.1 Å². The van der Waals surface area contributed by atoms with Crippen LogP contribution in [0.4, 0.5) is 4.39 Å². The molecule has 0 aromatic rings. The number of alkyl halides is 1. The first kappa shape index (κ1) is 6.55. The van der Waals surface area contributed by atoms with Crippen molar-refractivity contribution >= 4 is 0 Å². The van der Waals surface area contributed by atoms with Crippen LogP contribution in [0.2, 0.25) is 0 Å². The van der Waals surface area contributed by atoms with Gasteiger partial charge in [0, 0.05) is 12.1 Å². The molecule has 2 saturated heterocycles. The van der Waals surface area contributed by atoms with Crippen molar-refractivity contribution in [2.45, 2.75) is 31.1 Å². The summed E-state index contributed by atoms with van der Waals surface area (Å²) in [6.45, 7) is 1.38. The minimum Gasteiger partial charge on any atom is -0.378 e. The van der Waals surface area contributed by atoms with E-state index in [0.717, 1.165) is 0 Å². The van der Waals surface area contributed by atoms with Gasteiger partial charge in [-0.2, -0.15) is 0 Å². The molecule has 0 saturated carbocycles. The van der Waals surface area contributed by atoms with Crippen LogP contribution in [0, 0.1) is 0 Å². The molecule has 0 aliphatic carbocycles. The van der Waals surface area contributed by atoms with Crippen LogP contribution >= 0.6 is 0 Å². The van der Waals surface area contributed by atoms with Gasteiger partial charge in [0.25, 0.3) is 0 Å².